The largest absolute Gasteiger partial charge is 0.293 e. The third kappa shape index (κ3) is 1.92. The summed E-state index contributed by atoms with van der Waals surface area (Å²) in [6.45, 7) is 4.20. The lowest BCUT2D eigenvalue weighted by Gasteiger charge is -2.04. The lowest BCUT2D eigenvalue weighted by Crippen LogP contribution is -1.92. The van der Waals surface area contributed by atoms with Crippen molar-refractivity contribution in [1.29, 1.82) is 5.26 Å². The quantitative estimate of drug-likeness (QED) is 0.709. The molecular formula is C15H13N3S. The Morgan fingerprint density at radius 2 is 2.16 bits per heavy atom. The Bertz CT molecular complexity index is 789. The van der Waals surface area contributed by atoms with E-state index in [-0.39, 0.29) is 0 Å². The Kier molecular flexibility index (Phi) is 2.84. The molecule has 0 aliphatic carbocycles. The number of aromatic nitrogens is 2. The Morgan fingerprint density at radius 1 is 1.32 bits per heavy atom. The predicted octanol–water partition coefficient (Wildman–Crippen LogP) is 3.75. The van der Waals surface area contributed by atoms with E-state index in [1.165, 1.54) is 11.1 Å². The molecule has 94 valence electrons. The fourth-order valence-corrected chi connectivity index (χ4v) is 2.93. The van der Waals surface area contributed by atoms with Crippen molar-refractivity contribution in [3.8, 4) is 17.3 Å². The summed E-state index contributed by atoms with van der Waals surface area (Å²) >= 11 is 1.59. The van der Waals surface area contributed by atoms with Gasteiger partial charge in [0, 0.05) is 17.1 Å². The van der Waals surface area contributed by atoms with E-state index in [1.54, 1.807) is 11.3 Å². The molecule has 0 saturated heterocycles. The first-order valence-electron chi connectivity index (χ1n) is 6.09. The summed E-state index contributed by atoms with van der Waals surface area (Å²) in [7, 11) is 0. The van der Waals surface area contributed by atoms with Crippen LogP contribution in [0.25, 0.3) is 16.2 Å². The van der Waals surface area contributed by atoms with E-state index in [4.69, 9.17) is 5.26 Å². The number of aryl methyl sites for hydroxylation is 2. The molecular weight excluding hydrogens is 254 g/mol. The maximum absolute atomic E-state index is 9.02. The number of thiazole rings is 1. The molecule has 3 nitrogen and oxygen atoms in total. The van der Waals surface area contributed by atoms with Crippen LogP contribution >= 0.6 is 11.3 Å². The van der Waals surface area contributed by atoms with Crippen molar-refractivity contribution in [2.75, 3.05) is 0 Å². The first-order valence-corrected chi connectivity index (χ1v) is 6.97. The maximum Gasteiger partial charge on any atom is 0.194 e. The number of rotatable bonds is 2. The smallest absolute Gasteiger partial charge is 0.194 e. The minimum atomic E-state index is 0.375. The second kappa shape index (κ2) is 4.52. The Morgan fingerprint density at radius 3 is 2.89 bits per heavy atom. The second-order valence-electron chi connectivity index (χ2n) is 4.60. The van der Waals surface area contributed by atoms with Crippen LogP contribution in [-0.2, 0) is 6.42 Å². The average molecular weight is 267 g/mol. The molecule has 0 bridgehead atoms. The van der Waals surface area contributed by atoms with Gasteiger partial charge in [0.15, 0.2) is 4.96 Å². The average Bonchev–Trinajstić information content (AvgIpc) is 2.96. The van der Waals surface area contributed by atoms with Gasteiger partial charge in [-0.25, -0.2) is 4.98 Å². The van der Waals surface area contributed by atoms with Gasteiger partial charge in [-0.05, 0) is 31.0 Å². The van der Waals surface area contributed by atoms with Crippen LogP contribution in [0.5, 0.6) is 0 Å². The van der Waals surface area contributed by atoms with Crippen LogP contribution in [0.15, 0.2) is 29.8 Å². The van der Waals surface area contributed by atoms with Crippen LogP contribution in [0.1, 0.15) is 16.8 Å². The summed E-state index contributed by atoms with van der Waals surface area (Å²) in [5.74, 6) is 0. The van der Waals surface area contributed by atoms with Crippen molar-refractivity contribution in [3.05, 3.63) is 46.6 Å². The number of fused-ring (bicyclic) bond motifs is 1. The van der Waals surface area contributed by atoms with Crippen molar-refractivity contribution >= 4 is 16.3 Å². The minimum Gasteiger partial charge on any atom is -0.293 e. The highest BCUT2D eigenvalue weighted by Crippen LogP contribution is 2.28. The number of hydrogen-bond donors (Lipinski definition) is 0. The van der Waals surface area contributed by atoms with E-state index in [0.29, 0.717) is 6.42 Å². The van der Waals surface area contributed by atoms with Gasteiger partial charge in [0.25, 0.3) is 0 Å². The monoisotopic (exact) mass is 267 g/mol. The lowest BCUT2D eigenvalue weighted by atomic mass is 10.0. The highest BCUT2D eigenvalue weighted by molar-refractivity contribution is 7.15. The number of benzene rings is 1. The zero-order valence-electron chi connectivity index (χ0n) is 10.8. The molecule has 0 saturated carbocycles. The fourth-order valence-electron chi connectivity index (χ4n) is 2.20. The molecule has 0 aliphatic heterocycles. The van der Waals surface area contributed by atoms with Crippen molar-refractivity contribution in [3.63, 3.8) is 0 Å². The standard InChI is InChI=1S/C15H13N3S/c1-10-3-4-12(9-11(10)2)14-13(5-6-16)18-7-8-19-15(18)17-14/h3-4,7-9H,5H2,1-2H3. The van der Waals surface area contributed by atoms with Crippen LogP contribution in [-0.4, -0.2) is 9.38 Å². The number of imidazole rings is 1. The summed E-state index contributed by atoms with van der Waals surface area (Å²) in [4.78, 5) is 5.61. The first-order chi connectivity index (χ1) is 9.20. The van der Waals surface area contributed by atoms with E-state index < -0.39 is 0 Å². The van der Waals surface area contributed by atoms with E-state index in [0.717, 1.165) is 21.9 Å². The molecule has 2 aromatic heterocycles. The van der Waals surface area contributed by atoms with E-state index in [2.05, 4.69) is 43.1 Å². The Balaban J connectivity index is 2.23. The van der Waals surface area contributed by atoms with Crippen LogP contribution in [0.3, 0.4) is 0 Å². The maximum atomic E-state index is 9.02. The number of hydrogen-bond acceptors (Lipinski definition) is 3. The Labute approximate surface area is 115 Å². The zero-order chi connectivity index (χ0) is 13.4. The van der Waals surface area contributed by atoms with E-state index >= 15 is 0 Å². The molecule has 0 fully saturated rings. The summed E-state index contributed by atoms with van der Waals surface area (Å²) < 4.78 is 2.01. The highest BCUT2D eigenvalue weighted by Gasteiger charge is 2.14. The van der Waals surface area contributed by atoms with Crippen LogP contribution in [0.4, 0.5) is 0 Å². The van der Waals surface area contributed by atoms with Gasteiger partial charge in [-0.3, -0.25) is 4.40 Å². The van der Waals surface area contributed by atoms with Gasteiger partial charge in [-0.15, -0.1) is 11.3 Å². The van der Waals surface area contributed by atoms with Gasteiger partial charge >= 0.3 is 0 Å². The number of nitrogens with zero attached hydrogens (tertiary/aromatic N) is 3. The molecule has 0 amide bonds. The second-order valence-corrected chi connectivity index (χ2v) is 5.47. The van der Waals surface area contributed by atoms with Crippen molar-refractivity contribution in [1.82, 2.24) is 9.38 Å². The van der Waals surface area contributed by atoms with E-state index in [9.17, 15) is 0 Å². The summed E-state index contributed by atoms with van der Waals surface area (Å²) in [6, 6.07) is 8.56. The molecule has 0 unspecified atom stereocenters. The highest BCUT2D eigenvalue weighted by atomic mass is 32.1. The van der Waals surface area contributed by atoms with Crippen molar-refractivity contribution in [2.45, 2.75) is 20.3 Å². The molecule has 2 heterocycles. The molecule has 0 spiro atoms. The third-order valence-electron chi connectivity index (χ3n) is 3.39. The molecule has 0 atom stereocenters. The van der Waals surface area contributed by atoms with Gasteiger partial charge in [0.1, 0.15) is 0 Å². The topological polar surface area (TPSA) is 41.1 Å². The normalized spacial score (nSPS) is 10.8. The number of nitriles is 1. The summed E-state index contributed by atoms with van der Waals surface area (Å²) in [5.41, 5.74) is 5.51. The third-order valence-corrected chi connectivity index (χ3v) is 4.14. The van der Waals surface area contributed by atoms with Gasteiger partial charge in [0.05, 0.1) is 23.9 Å². The van der Waals surface area contributed by atoms with Crippen molar-refractivity contribution < 1.29 is 0 Å². The van der Waals surface area contributed by atoms with Gasteiger partial charge in [0.2, 0.25) is 0 Å². The zero-order valence-corrected chi connectivity index (χ0v) is 11.7. The molecule has 4 heteroatoms. The molecule has 3 rings (SSSR count). The SMILES string of the molecule is Cc1ccc(-c2nc3sccn3c2CC#N)cc1C. The van der Waals surface area contributed by atoms with Gasteiger partial charge in [-0.2, -0.15) is 5.26 Å². The Hall–Kier alpha value is -2.12. The summed E-state index contributed by atoms with van der Waals surface area (Å²) in [6.07, 6.45) is 2.35. The fraction of sp³-hybridized carbons (Fsp3) is 0.200. The van der Waals surface area contributed by atoms with E-state index in [1.807, 2.05) is 16.0 Å². The molecule has 0 radical (unpaired) electrons. The molecule has 3 aromatic rings. The van der Waals surface area contributed by atoms with Crippen LogP contribution in [0, 0.1) is 25.2 Å². The first kappa shape index (κ1) is 11.9. The van der Waals surface area contributed by atoms with Gasteiger partial charge in [-0.1, -0.05) is 12.1 Å². The predicted molar refractivity (Wildman–Crippen MR) is 77.3 cm³/mol. The molecule has 1 aromatic carbocycles. The van der Waals surface area contributed by atoms with Crippen LogP contribution < -0.4 is 0 Å². The summed E-state index contributed by atoms with van der Waals surface area (Å²) in [5, 5.41) is 11.0. The molecule has 19 heavy (non-hydrogen) atoms. The lowest BCUT2D eigenvalue weighted by molar-refractivity contribution is 1.07. The van der Waals surface area contributed by atoms with Crippen molar-refractivity contribution in [2.24, 2.45) is 0 Å². The minimum absolute atomic E-state index is 0.375. The molecule has 0 aliphatic rings. The van der Waals surface area contributed by atoms with Gasteiger partial charge < -0.3 is 0 Å². The van der Waals surface area contributed by atoms with Crippen LogP contribution in [0.2, 0.25) is 0 Å². The molecule has 0 N–H and O–H groups in total.